The summed E-state index contributed by atoms with van der Waals surface area (Å²) in [6.45, 7) is 4.15. The second-order valence-electron chi connectivity index (χ2n) is 6.97. The smallest absolute Gasteiger partial charge is 0.248 e. The third-order valence-electron chi connectivity index (χ3n) is 5.36. The van der Waals surface area contributed by atoms with Crippen LogP contribution in [0.4, 0.5) is 11.4 Å². The largest absolute Gasteiger partial charge is 0.370 e. The molecule has 3 saturated heterocycles. The molecule has 0 aliphatic carbocycles. The summed E-state index contributed by atoms with van der Waals surface area (Å²) >= 11 is 1.73. The molecule has 3 aliphatic rings. The summed E-state index contributed by atoms with van der Waals surface area (Å²) in [5, 5.41) is 3.09. The van der Waals surface area contributed by atoms with E-state index in [-0.39, 0.29) is 22.7 Å². The van der Waals surface area contributed by atoms with Crippen molar-refractivity contribution in [3.05, 3.63) is 24.3 Å². The Morgan fingerprint density at radius 3 is 2.83 bits per heavy atom. The molecular formula is C18H23N3O2S. The first kappa shape index (κ1) is 15.8. The second kappa shape index (κ2) is 5.99. The molecule has 0 spiro atoms. The zero-order valence-electron chi connectivity index (χ0n) is 14.0. The highest BCUT2D eigenvalue weighted by atomic mass is 32.2. The molecule has 6 heteroatoms. The van der Waals surface area contributed by atoms with Crippen molar-refractivity contribution in [3.8, 4) is 0 Å². The fourth-order valence-corrected chi connectivity index (χ4v) is 5.48. The summed E-state index contributed by atoms with van der Waals surface area (Å²) in [4.78, 5) is 29.0. The first-order valence-electron chi connectivity index (χ1n) is 8.69. The van der Waals surface area contributed by atoms with Gasteiger partial charge in [-0.3, -0.25) is 9.59 Å². The number of amides is 2. The zero-order chi connectivity index (χ0) is 16.7. The van der Waals surface area contributed by atoms with Gasteiger partial charge in [0.25, 0.3) is 0 Å². The predicted octanol–water partition coefficient (Wildman–Crippen LogP) is 2.68. The first-order chi connectivity index (χ1) is 11.6. The van der Waals surface area contributed by atoms with Crippen molar-refractivity contribution in [3.63, 3.8) is 0 Å². The molecule has 24 heavy (non-hydrogen) atoms. The van der Waals surface area contributed by atoms with Crippen LogP contribution in [-0.2, 0) is 9.59 Å². The molecular weight excluding hydrogens is 322 g/mol. The lowest BCUT2D eigenvalue weighted by Crippen LogP contribution is -2.48. The minimum atomic E-state index is -0.360. The molecule has 5 nitrogen and oxygen atoms in total. The SMILES string of the molecule is C[C@@]12CCC(=O)N1[C@H](C(=O)Nc1ccccc1N1CCCC1)CS2. The maximum Gasteiger partial charge on any atom is 0.248 e. The number of carbonyl (C=O) groups is 2. The molecule has 0 radical (unpaired) electrons. The lowest BCUT2D eigenvalue weighted by atomic mass is 10.2. The van der Waals surface area contributed by atoms with Crippen LogP contribution in [0.3, 0.4) is 0 Å². The Balaban J connectivity index is 1.54. The molecule has 2 atom stereocenters. The molecule has 3 heterocycles. The zero-order valence-corrected chi connectivity index (χ0v) is 14.8. The molecule has 0 bridgehead atoms. The van der Waals surface area contributed by atoms with E-state index >= 15 is 0 Å². The topological polar surface area (TPSA) is 52.7 Å². The van der Waals surface area contributed by atoms with Gasteiger partial charge in [0, 0.05) is 25.3 Å². The molecule has 1 N–H and O–H groups in total. The highest BCUT2D eigenvalue weighted by Crippen LogP contribution is 2.47. The van der Waals surface area contributed by atoms with Gasteiger partial charge in [0.05, 0.1) is 16.2 Å². The fourth-order valence-electron chi connectivity index (χ4n) is 4.04. The van der Waals surface area contributed by atoms with Crippen LogP contribution in [-0.4, -0.2) is 46.5 Å². The standard InChI is InChI=1S/C18H23N3O2S/c1-18-9-8-16(22)21(18)15(12-24-18)17(23)19-13-6-2-3-7-14(13)20-10-4-5-11-20/h2-3,6-7,15H,4-5,8-12H2,1H3,(H,19,23)/t15-,18+/m0/s1. The molecule has 128 valence electrons. The molecule has 1 aromatic rings. The van der Waals surface area contributed by atoms with Gasteiger partial charge in [-0.15, -0.1) is 11.8 Å². The highest BCUT2D eigenvalue weighted by molar-refractivity contribution is 8.01. The molecule has 0 unspecified atom stereocenters. The summed E-state index contributed by atoms with van der Waals surface area (Å²) in [6.07, 6.45) is 3.78. The van der Waals surface area contributed by atoms with E-state index in [9.17, 15) is 9.59 Å². The number of hydrogen-bond donors (Lipinski definition) is 1. The van der Waals surface area contributed by atoms with Gasteiger partial charge in [0.15, 0.2) is 0 Å². The Morgan fingerprint density at radius 1 is 1.29 bits per heavy atom. The van der Waals surface area contributed by atoms with Gasteiger partial charge in [-0.05, 0) is 38.3 Å². The first-order valence-corrected chi connectivity index (χ1v) is 9.68. The van der Waals surface area contributed by atoms with Crippen molar-refractivity contribution >= 4 is 35.0 Å². The van der Waals surface area contributed by atoms with Crippen LogP contribution in [0, 0.1) is 0 Å². The minimum Gasteiger partial charge on any atom is -0.370 e. The van der Waals surface area contributed by atoms with Crippen molar-refractivity contribution in [1.82, 2.24) is 4.90 Å². The van der Waals surface area contributed by atoms with E-state index in [0.717, 1.165) is 30.9 Å². The van der Waals surface area contributed by atoms with Crippen molar-refractivity contribution < 1.29 is 9.59 Å². The summed E-state index contributed by atoms with van der Waals surface area (Å²) < 4.78 is 0. The van der Waals surface area contributed by atoms with Gasteiger partial charge in [0.1, 0.15) is 6.04 Å². The second-order valence-corrected chi connectivity index (χ2v) is 8.47. The average molecular weight is 345 g/mol. The summed E-state index contributed by atoms with van der Waals surface area (Å²) in [6, 6.07) is 7.62. The number of rotatable bonds is 3. The summed E-state index contributed by atoms with van der Waals surface area (Å²) in [7, 11) is 0. The number of carbonyl (C=O) groups excluding carboxylic acids is 2. The molecule has 3 fully saturated rings. The maximum atomic E-state index is 12.9. The van der Waals surface area contributed by atoms with Gasteiger partial charge in [-0.25, -0.2) is 0 Å². The number of fused-ring (bicyclic) bond motifs is 1. The quantitative estimate of drug-likeness (QED) is 0.915. The normalized spacial score (nSPS) is 29.2. The van der Waals surface area contributed by atoms with Crippen LogP contribution >= 0.6 is 11.8 Å². The van der Waals surface area contributed by atoms with Crippen LogP contribution < -0.4 is 10.2 Å². The third-order valence-corrected chi connectivity index (χ3v) is 6.86. The number of nitrogens with one attached hydrogen (secondary N) is 1. The number of nitrogens with zero attached hydrogens (tertiary/aromatic N) is 2. The van der Waals surface area contributed by atoms with Crippen molar-refractivity contribution in [1.29, 1.82) is 0 Å². The summed E-state index contributed by atoms with van der Waals surface area (Å²) in [5.41, 5.74) is 1.94. The highest BCUT2D eigenvalue weighted by Gasteiger charge is 2.52. The Labute approximate surface area is 146 Å². The van der Waals surface area contributed by atoms with Crippen molar-refractivity contribution in [2.75, 3.05) is 29.1 Å². The van der Waals surface area contributed by atoms with Crippen LogP contribution in [0.2, 0.25) is 0 Å². The van der Waals surface area contributed by atoms with Gasteiger partial charge in [0.2, 0.25) is 11.8 Å². The van der Waals surface area contributed by atoms with E-state index in [1.54, 1.807) is 11.8 Å². The lowest BCUT2D eigenvalue weighted by Gasteiger charge is -2.30. The number of anilines is 2. The van der Waals surface area contributed by atoms with Gasteiger partial charge >= 0.3 is 0 Å². The monoisotopic (exact) mass is 345 g/mol. The molecule has 3 aliphatic heterocycles. The van der Waals surface area contributed by atoms with E-state index < -0.39 is 0 Å². The molecule has 0 saturated carbocycles. The number of thioether (sulfide) groups is 1. The predicted molar refractivity (Wildman–Crippen MR) is 97.2 cm³/mol. The maximum absolute atomic E-state index is 12.9. The number of para-hydroxylation sites is 2. The Morgan fingerprint density at radius 2 is 2.04 bits per heavy atom. The van der Waals surface area contributed by atoms with Gasteiger partial charge < -0.3 is 15.1 Å². The minimum absolute atomic E-state index is 0.0619. The summed E-state index contributed by atoms with van der Waals surface area (Å²) in [5.74, 6) is 0.726. The molecule has 2 amide bonds. The van der Waals surface area contributed by atoms with Crippen molar-refractivity contribution in [2.24, 2.45) is 0 Å². The van der Waals surface area contributed by atoms with E-state index in [4.69, 9.17) is 0 Å². The Kier molecular flexibility index (Phi) is 3.95. The van der Waals surface area contributed by atoms with Crippen LogP contribution in [0.25, 0.3) is 0 Å². The number of hydrogen-bond acceptors (Lipinski definition) is 4. The van der Waals surface area contributed by atoms with Gasteiger partial charge in [-0.1, -0.05) is 12.1 Å². The van der Waals surface area contributed by atoms with Crippen LogP contribution in [0.15, 0.2) is 24.3 Å². The lowest BCUT2D eigenvalue weighted by molar-refractivity contribution is -0.135. The van der Waals surface area contributed by atoms with Gasteiger partial charge in [-0.2, -0.15) is 0 Å². The average Bonchev–Trinajstić information content (AvgIpc) is 3.26. The third kappa shape index (κ3) is 2.57. The van der Waals surface area contributed by atoms with E-state index in [0.29, 0.717) is 12.2 Å². The Bertz CT molecular complexity index is 674. The van der Waals surface area contributed by atoms with Crippen LogP contribution in [0.5, 0.6) is 0 Å². The van der Waals surface area contributed by atoms with E-state index in [2.05, 4.69) is 23.2 Å². The molecule has 4 rings (SSSR count). The fraction of sp³-hybridized carbons (Fsp3) is 0.556. The molecule has 0 aromatic heterocycles. The molecule has 1 aromatic carbocycles. The number of benzene rings is 1. The van der Waals surface area contributed by atoms with Crippen LogP contribution in [0.1, 0.15) is 32.6 Å². The Hall–Kier alpha value is -1.69. The van der Waals surface area contributed by atoms with E-state index in [1.807, 2.05) is 23.1 Å². The van der Waals surface area contributed by atoms with E-state index in [1.165, 1.54) is 12.8 Å². The van der Waals surface area contributed by atoms with Crippen molar-refractivity contribution in [2.45, 2.75) is 43.5 Å².